The molecule has 5 nitrogen and oxygen atoms in total. The van der Waals surface area contributed by atoms with E-state index in [1.54, 1.807) is 31.4 Å². The van der Waals surface area contributed by atoms with E-state index in [9.17, 15) is 18.0 Å². The number of carbonyl (C=O) groups is 1. The van der Waals surface area contributed by atoms with Gasteiger partial charge in [-0.1, -0.05) is 24.3 Å². The molecule has 0 aliphatic carbocycles. The van der Waals surface area contributed by atoms with E-state index in [1.807, 2.05) is 29.2 Å². The van der Waals surface area contributed by atoms with Gasteiger partial charge in [0.2, 0.25) is 0 Å². The number of alkyl halides is 3. The molecule has 0 spiro atoms. The number of methoxy groups -OCH3 is 1. The van der Waals surface area contributed by atoms with Crippen LogP contribution in [-0.2, 0) is 19.3 Å². The molecule has 0 saturated carbocycles. The molecule has 4 rings (SSSR count). The first-order chi connectivity index (χ1) is 15.3. The summed E-state index contributed by atoms with van der Waals surface area (Å²) in [5, 5.41) is 3.99. The number of ether oxygens (including phenoxy) is 1. The summed E-state index contributed by atoms with van der Waals surface area (Å²) >= 11 is 0. The van der Waals surface area contributed by atoms with Gasteiger partial charge in [0.25, 0.3) is 5.91 Å². The Hall–Kier alpha value is -3.81. The van der Waals surface area contributed by atoms with Gasteiger partial charge in [0, 0.05) is 24.3 Å². The lowest BCUT2D eigenvalue weighted by Crippen LogP contribution is -2.18. The summed E-state index contributed by atoms with van der Waals surface area (Å²) in [6.45, 7) is 0.900. The van der Waals surface area contributed by atoms with E-state index in [4.69, 9.17) is 4.74 Å². The molecule has 0 fully saturated rings. The Morgan fingerprint density at radius 1 is 1.03 bits per heavy atom. The first-order valence-electron chi connectivity index (χ1n) is 9.85. The lowest BCUT2D eigenvalue weighted by molar-refractivity contribution is -0.137. The lowest BCUT2D eigenvalue weighted by atomic mass is 10.1. The summed E-state index contributed by atoms with van der Waals surface area (Å²) in [4.78, 5) is 14.3. The third-order valence-corrected chi connectivity index (χ3v) is 5.20. The van der Waals surface area contributed by atoms with Gasteiger partial charge in [-0.05, 0) is 59.2 Å². The van der Waals surface area contributed by atoms with Crippen molar-refractivity contribution in [1.29, 1.82) is 0 Å². The number of hydrazone groups is 1. The summed E-state index contributed by atoms with van der Waals surface area (Å²) in [6.07, 6.45) is -2.87. The quantitative estimate of drug-likeness (QED) is 0.450. The Morgan fingerprint density at radius 2 is 1.81 bits per heavy atom. The zero-order chi connectivity index (χ0) is 22.7. The van der Waals surface area contributed by atoms with Crippen molar-refractivity contribution in [2.45, 2.75) is 19.3 Å². The highest BCUT2D eigenvalue weighted by atomic mass is 19.4. The minimum absolute atomic E-state index is 0.371. The number of carbonyl (C=O) groups excluding carboxylic acids is 1. The van der Waals surface area contributed by atoms with Crippen LogP contribution < -0.4 is 15.1 Å². The third kappa shape index (κ3) is 4.74. The normalized spacial score (nSPS) is 13.3. The summed E-state index contributed by atoms with van der Waals surface area (Å²) in [5.41, 5.74) is 5.37. The first kappa shape index (κ1) is 21.4. The molecule has 8 heteroatoms. The highest BCUT2D eigenvalue weighted by molar-refractivity contribution is 5.95. The van der Waals surface area contributed by atoms with E-state index in [-0.39, 0.29) is 5.91 Å². The number of anilines is 1. The Morgan fingerprint density at radius 3 is 2.59 bits per heavy atom. The molecule has 0 aromatic heterocycles. The number of amides is 1. The molecular weight excluding hydrogens is 419 g/mol. The second kappa shape index (κ2) is 8.74. The number of nitrogens with one attached hydrogen (secondary N) is 1. The maximum Gasteiger partial charge on any atom is 0.416 e. The Kier molecular flexibility index (Phi) is 5.85. The number of nitrogens with zero attached hydrogens (tertiary/aromatic N) is 2. The third-order valence-electron chi connectivity index (χ3n) is 5.20. The number of rotatable bonds is 5. The van der Waals surface area contributed by atoms with Crippen LogP contribution in [0.15, 0.2) is 71.8 Å². The van der Waals surface area contributed by atoms with E-state index >= 15 is 0 Å². The number of hydrogen-bond donors (Lipinski definition) is 1. The second-order valence-corrected chi connectivity index (χ2v) is 7.36. The van der Waals surface area contributed by atoms with Crippen molar-refractivity contribution in [2.75, 3.05) is 12.0 Å². The van der Waals surface area contributed by atoms with Crippen LogP contribution in [0, 0.1) is 0 Å². The molecule has 0 unspecified atom stereocenters. The molecular formula is C24H20F3N3O2. The molecule has 1 aliphatic rings. The molecule has 32 heavy (non-hydrogen) atoms. The molecule has 3 aromatic carbocycles. The van der Waals surface area contributed by atoms with Gasteiger partial charge in [-0.25, -0.2) is 5.43 Å². The summed E-state index contributed by atoms with van der Waals surface area (Å²) in [5.74, 6) is 0.314. The van der Waals surface area contributed by atoms with Crippen molar-refractivity contribution in [3.63, 3.8) is 0 Å². The highest BCUT2D eigenvalue weighted by Gasteiger charge is 2.31. The maximum absolute atomic E-state index is 13.0. The minimum atomic E-state index is -4.39. The standard InChI is InChI=1S/C24H20F3N3O2/c1-32-22-7-2-4-16(10-22)13-28-29-23(31)17-8-9-18-14-30(15-19(18)11-17)21-6-3-5-20(12-21)24(25,26)27/h2-13H,14-15H2,1H3,(H,29,31)/b28-13+. The van der Waals surface area contributed by atoms with Crippen LogP contribution in [0.1, 0.15) is 32.6 Å². The summed E-state index contributed by atoms with van der Waals surface area (Å²) in [7, 11) is 1.57. The van der Waals surface area contributed by atoms with Crippen molar-refractivity contribution in [3.8, 4) is 5.75 Å². The van der Waals surface area contributed by atoms with Crippen molar-refractivity contribution in [1.82, 2.24) is 5.43 Å². The Labute approximate surface area is 183 Å². The van der Waals surface area contributed by atoms with E-state index in [0.29, 0.717) is 30.1 Å². The first-order valence-corrected chi connectivity index (χ1v) is 9.85. The number of benzene rings is 3. The maximum atomic E-state index is 13.0. The Bertz CT molecular complexity index is 1180. The second-order valence-electron chi connectivity index (χ2n) is 7.36. The SMILES string of the molecule is COc1cccc(/C=N/NC(=O)c2ccc3c(c2)CN(c2cccc(C(F)(F)F)c2)C3)c1. The molecule has 1 heterocycles. The molecule has 164 valence electrons. The monoisotopic (exact) mass is 439 g/mol. The molecule has 0 atom stereocenters. The lowest BCUT2D eigenvalue weighted by Gasteiger charge is -2.19. The van der Waals surface area contributed by atoms with Crippen molar-refractivity contribution in [3.05, 3.63) is 94.5 Å². The molecule has 1 amide bonds. The fourth-order valence-electron chi connectivity index (χ4n) is 3.55. The van der Waals surface area contributed by atoms with Crippen molar-refractivity contribution < 1.29 is 22.7 Å². The van der Waals surface area contributed by atoms with Crippen LogP contribution >= 0.6 is 0 Å². The zero-order valence-corrected chi connectivity index (χ0v) is 17.2. The molecule has 3 aromatic rings. The van der Waals surface area contributed by atoms with Gasteiger partial charge in [-0.2, -0.15) is 18.3 Å². The molecule has 0 radical (unpaired) electrons. The van der Waals surface area contributed by atoms with Gasteiger partial charge in [0.05, 0.1) is 18.9 Å². The van der Waals surface area contributed by atoms with E-state index in [2.05, 4.69) is 10.5 Å². The van der Waals surface area contributed by atoms with Gasteiger partial charge in [0.15, 0.2) is 0 Å². The topological polar surface area (TPSA) is 53.9 Å². The molecule has 0 saturated heterocycles. The van der Waals surface area contributed by atoms with Gasteiger partial charge in [-0.3, -0.25) is 4.79 Å². The molecule has 1 N–H and O–H groups in total. The number of hydrogen-bond acceptors (Lipinski definition) is 4. The van der Waals surface area contributed by atoms with Crippen LogP contribution in [0.5, 0.6) is 5.75 Å². The molecule has 1 aliphatic heterocycles. The Balaban J connectivity index is 1.43. The minimum Gasteiger partial charge on any atom is -0.497 e. The van der Waals surface area contributed by atoms with Crippen molar-refractivity contribution >= 4 is 17.8 Å². The average Bonchev–Trinajstić information content (AvgIpc) is 3.22. The summed E-state index contributed by atoms with van der Waals surface area (Å²) in [6, 6.07) is 17.8. The smallest absolute Gasteiger partial charge is 0.416 e. The molecule has 0 bridgehead atoms. The van der Waals surface area contributed by atoms with E-state index in [0.717, 1.165) is 28.8 Å². The van der Waals surface area contributed by atoms with Crippen LogP contribution in [0.2, 0.25) is 0 Å². The number of halogens is 3. The van der Waals surface area contributed by atoms with Crippen LogP contribution in [-0.4, -0.2) is 19.2 Å². The van der Waals surface area contributed by atoms with Crippen LogP contribution in [0.4, 0.5) is 18.9 Å². The predicted octanol–water partition coefficient (Wildman–Crippen LogP) is 5.00. The van der Waals surface area contributed by atoms with Gasteiger partial charge in [-0.15, -0.1) is 0 Å². The van der Waals surface area contributed by atoms with E-state index in [1.165, 1.54) is 12.3 Å². The average molecular weight is 439 g/mol. The summed E-state index contributed by atoms with van der Waals surface area (Å²) < 4.78 is 44.2. The van der Waals surface area contributed by atoms with Crippen LogP contribution in [0.3, 0.4) is 0 Å². The van der Waals surface area contributed by atoms with Crippen LogP contribution in [0.25, 0.3) is 0 Å². The van der Waals surface area contributed by atoms with Gasteiger partial charge >= 0.3 is 6.18 Å². The zero-order valence-electron chi connectivity index (χ0n) is 17.2. The fraction of sp³-hybridized carbons (Fsp3) is 0.167. The largest absolute Gasteiger partial charge is 0.497 e. The van der Waals surface area contributed by atoms with Gasteiger partial charge in [0.1, 0.15) is 5.75 Å². The predicted molar refractivity (Wildman–Crippen MR) is 116 cm³/mol. The number of fused-ring (bicyclic) bond motifs is 1. The van der Waals surface area contributed by atoms with Gasteiger partial charge < -0.3 is 9.64 Å². The van der Waals surface area contributed by atoms with Crippen molar-refractivity contribution in [2.24, 2.45) is 5.10 Å². The fourth-order valence-corrected chi connectivity index (χ4v) is 3.55. The highest BCUT2D eigenvalue weighted by Crippen LogP contribution is 2.34. The van der Waals surface area contributed by atoms with E-state index < -0.39 is 11.7 Å².